The van der Waals surface area contributed by atoms with Crippen molar-refractivity contribution in [2.45, 2.75) is 20.3 Å². The summed E-state index contributed by atoms with van der Waals surface area (Å²) in [5, 5.41) is 11.2. The molecule has 7 heteroatoms. The molecule has 1 heterocycles. The standard InChI is InChI=1S/C14H17BrN2O4/c1-3-21-13(18)14(2)6-7-16(9-14)11-5-4-10(15)8-12(11)17(19)20/h4-5,8H,3,6-7,9H2,1-2H3. The van der Waals surface area contributed by atoms with Crippen LogP contribution in [0.2, 0.25) is 0 Å². The van der Waals surface area contributed by atoms with Crippen molar-refractivity contribution in [1.82, 2.24) is 0 Å². The first-order valence-corrected chi connectivity index (χ1v) is 7.53. The van der Waals surface area contributed by atoms with Gasteiger partial charge in [-0.3, -0.25) is 14.9 Å². The second-order valence-corrected chi connectivity index (χ2v) is 6.26. The zero-order chi connectivity index (χ0) is 15.6. The van der Waals surface area contributed by atoms with Crippen molar-refractivity contribution >= 4 is 33.3 Å². The van der Waals surface area contributed by atoms with Crippen molar-refractivity contribution in [3.8, 4) is 0 Å². The minimum absolute atomic E-state index is 0.0393. The molecule has 1 aliphatic rings. The fourth-order valence-corrected chi connectivity index (χ4v) is 2.90. The Hall–Kier alpha value is -1.63. The van der Waals surface area contributed by atoms with Crippen molar-refractivity contribution in [2.24, 2.45) is 5.41 Å². The molecule has 1 aromatic carbocycles. The number of hydrogen-bond donors (Lipinski definition) is 0. The molecule has 0 aromatic heterocycles. The molecule has 1 aliphatic heterocycles. The molecule has 0 bridgehead atoms. The van der Waals surface area contributed by atoms with E-state index in [1.54, 1.807) is 19.1 Å². The van der Waals surface area contributed by atoms with E-state index in [1.807, 2.05) is 11.8 Å². The lowest BCUT2D eigenvalue weighted by atomic mass is 9.90. The molecule has 0 radical (unpaired) electrons. The molecule has 0 aliphatic carbocycles. The molecule has 6 nitrogen and oxygen atoms in total. The van der Waals surface area contributed by atoms with Crippen LogP contribution in [0.1, 0.15) is 20.3 Å². The number of esters is 1. The highest BCUT2D eigenvalue weighted by atomic mass is 79.9. The lowest BCUT2D eigenvalue weighted by Crippen LogP contribution is -2.33. The summed E-state index contributed by atoms with van der Waals surface area (Å²) >= 11 is 3.24. The highest BCUT2D eigenvalue weighted by Crippen LogP contribution is 2.39. The van der Waals surface area contributed by atoms with E-state index >= 15 is 0 Å². The summed E-state index contributed by atoms with van der Waals surface area (Å²) in [4.78, 5) is 24.7. The minimum Gasteiger partial charge on any atom is -0.466 e. The highest BCUT2D eigenvalue weighted by molar-refractivity contribution is 9.10. The number of ether oxygens (including phenoxy) is 1. The second-order valence-electron chi connectivity index (χ2n) is 5.34. The number of anilines is 1. The first-order chi connectivity index (χ1) is 9.87. The van der Waals surface area contributed by atoms with E-state index < -0.39 is 10.3 Å². The molecule has 1 unspecified atom stereocenters. The summed E-state index contributed by atoms with van der Waals surface area (Å²) in [6.07, 6.45) is 0.624. The summed E-state index contributed by atoms with van der Waals surface area (Å²) in [5.41, 5.74) is -0.0366. The first kappa shape index (κ1) is 15.8. The average Bonchev–Trinajstić information content (AvgIpc) is 2.83. The predicted molar refractivity (Wildman–Crippen MR) is 82.4 cm³/mol. The van der Waals surface area contributed by atoms with E-state index in [4.69, 9.17) is 4.74 Å². The Balaban J connectivity index is 2.26. The zero-order valence-corrected chi connectivity index (χ0v) is 13.6. The van der Waals surface area contributed by atoms with Gasteiger partial charge < -0.3 is 9.64 Å². The van der Waals surface area contributed by atoms with Gasteiger partial charge in [-0.05, 0) is 32.4 Å². The lowest BCUT2D eigenvalue weighted by molar-refractivity contribution is -0.384. The number of nitro benzene ring substituents is 1. The molecule has 1 fully saturated rings. The van der Waals surface area contributed by atoms with Crippen LogP contribution in [0, 0.1) is 15.5 Å². The smallest absolute Gasteiger partial charge is 0.313 e. The largest absolute Gasteiger partial charge is 0.466 e. The number of rotatable bonds is 4. The third-order valence-electron chi connectivity index (χ3n) is 3.72. The van der Waals surface area contributed by atoms with Crippen molar-refractivity contribution in [2.75, 3.05) is 24.6 Å². The second kappa shape index (κ2) is 6.01. The topological polar surface area (TPSA) is 72.7 Å². The zero-order valence-electron chi connectivity index (χ0n) is 12.0. The molecular weight excluding hydrogens is 340 g/mol. The van der Waals surface area contributed by atoms with Gasteiger partial charge in [0.2, 0.25) is 0 Å². The van der Waals surface area contributed by atoms with Crippen molar-refractivity contribution in [1.29, 1.82) is 0 Å². The summed E-state index contributed by atoms with van der Waals surface area (Å²) < 4.78 is 5.76. The Morgan fingerprint density at radius 1 is 1.57 bits per heavy atom. The number of halogens is 1. The van der Waals surface area contributed by atoms with Crippen LogP contribution in [0.3, 0.4) is 0 Å². The highest BCUT2D eigenvalue weighted by Gasteiger charge is 2.43. The molecule has 2 rings (SSSR count). The van der Waals surface area contributed by atoms with Gasteiger partial charge in [-0.15, -0.1) is 0 Å². The van der Waals surface area contributed by atoms with Gasteiger partial charge in [0.1, 0.15) is 5.69 Å². The van der Waals surface area contributed by atoms with E-state index in [0.717, 1.165) is 0 Å². The molecule has 1 aromatic rings. The van der Waals surface area contributed by atoms with Gasteiger partial charge in [-0.2, -0.15) is 0 Å². The van der Waals surface area contributed by atoms with Gasteiger partial charge in [0.05, 0.1) is 16.9 Å². The van der Waals surface area contributed by atoms with Gasteiger partial charge in [-0.25, -0.2) is 0 Å². The number of nitrogens with zero attached hydrogens (tertiary/aromatic N) is 2. The molecule has 0 N–H and O–H groups in total. The fraction of sp³-hybridized carbons (Fsp3) is 0.500. The van der Waals surface area contributed by atoms with Gasteiger partial charge in [0.15, 0.2) is 0 Å². The molecular formula is C14H17BrN2O4. The normalized spacial score (nSPS) is 21.4. The van der Waals surface area contributed by atoms with Crippen LogP contribution in [-0.2, 0) is 9.53 Å². The van der Waals surface area contributed by atoms with Gasteiger partial charge in [-0.1, -0.05) is 15.9 Å². The maximum absolute atomic E-state index is 12.0. The molecule has 114 valence electrons. The third-order valence-corrected chi connectivity index (χ3v) is 4.21. The molecule has 1 atom stereocenters. The Kier molecular flexibility index (Phi) is 4.51. The van der Waals surface area contributed by atoms with Gasteiger partial charge >= 0.3 is 5.97 Å². The van der Waals surface area contributed by atoms with Gasteiger partial charge in [0.25, 0.3) is 5.69 Å². The van der Waals surface area contributed by atoms with E-state index in [1.165, 1.54) is 6.07 Å². The number of nitro groups is 1. The SMILES string of the molecule is CCOC(=O)C1(C)CCN(c2ccc(Br)cc2[N+](=O)[O-])C1. The minimum atomic E-state index is -0.614. The molecule has 0 saturated carbocycles. The van der Waals surface area contributed by atoms with Gasteiger partial charge in [0, 0.05) is 23.6 Å². The monoisotopic (exact) mass is 356 g/mol. The average molecular weight is 357 g/mol. The number of carbonyl (C=O) groups is 1. The predicted octanol–water partition coefficient (Wildman–Crippen LogP) is 3.14. The molecule has 21 heavy (non-hydrogen) atoms. The Bertz CT molecular complexity index is 578. The number of hydrogen-bond acceptors (Lipinski definition) is 5. The molecule has 0 amide bonds. The number of benzene rings is 1. The maximum atomic E-state index is 12.0. The van der Waals surface area contributed by atoms with Crippen molar-refractivity contribution < 1.29 is 14.5 Å². The van der Waals surface area contributed by atoms with Crippen LogP contribution >= 0.6 is 15.9 Å². The van der Waals surface area contributed by atoms with Crippen LogP contribution in [0.4, 0.5) is 11.4 Å². The van der Waals surface area contributed by atoms with E-state index in [-0.39, 0.29) is 11.7 Å². The van der Waals surface area contributed by atoms with Crippen molar-refractivity contribution in [3.63, 3.8) is 0 Å². The summed E-state index contributed by atoms with van der Waals surface area (Å²) in [7, 11) is 0. The van der Waals surface area contributed by atoms with Crippen molar-refractivity contribution in [3.05, 3.63) is 32.8 Å². The Labute approximate surface area is 131 Å². The van der Waals surface area contributed by atoms with Crippen LogP contribution in [0.5, 0.6) is 0 Å². The van der Waals surface area contributed by atoms with Crippen LogP contribution < -0.4 is 4.90 Å². The number of carbonyl (C=O) groups excluding carboxylic acids is 1. The molecule has 0 spiro atoms. The third kappa shape index (κ3) is 3.18. The fourth-order valence-electron chi connectivity index (χ4n) is 2.55. The van der Waals surface area contributed by atoms with E-state index in [0.29, 0.717) is 36.3 Å². The maximum Gasteiger partial charge on any atom is 0.313 e. The first-order valence-electron chi connectivity index (χ1n) is 6.73. The van der Waals surface area contributed by atoms with E-state index in [9.17, 15) is 14.9 Å². The van der Waals surface area contributed by atoms with Crippen LogP contribution in [0.25, 0.3) is 0 Å². The lowest BCUT2D eigenvalue weighted by Gasteiger charge is -2.23. The Morgan fingerprint density at radius 2 is 2.29 bits per heavy atom. The van der Waals surface area contributed by atoms with E-state index in [2.05, 4.69) is 15.9 Å². The van der Waals surface area contributed by atoms with Crippen LogP contribution in [-0.4, -0.2) is 30.6 Å². The Morgan fingerprint density at radius 3 is 2.90 bits per heavy atom. The van der Waals surface area contributed by atoms with Crippen LogP contribution in [0.15, 0.2) is 22.7 Å². The molecule has 1 saturated heterocycles. The summed E-state index contributed by atoms with van der Waals surface area (Å²) in [6.45, 7) is 4.97. The summed E-state index contributed by atoms with van der Waals surface area (Å²) in [6, 6.07) is 4.96. The summed E-state index contributed by atoms with van der Waals surface area (Å²) in [5.74, 6) is -0.243. The quantitative estimate of drug-likeness (QED) is 0.470.